The van der Waals surface area contributed by atoms with Crippen LogP contribution in [-0.4, -0.2) is 56.1 Å². The summed E-state index contributed by atoms with van der Waals surface area (Å²) in [5.74, 6) is 0.807. The van der Waals surface area contributed by atoms with E-state index in [-0.39, 0.29) is 0 Å². The van der Waals surface area contributed by atoms with Crippen molar-refractivity contribution in [3.63, 3.8) is 0 Å². The zero-order valence-corrected chi connectivity index (χ0v) is 9.71. The molecule has 0 aromatic rings. The first-order chi connectivity index (χ1) is 6.72. The van der Waals surface area contributed by atoms with Gasteiger partial charge >= 0.3 is 0 Å². The summed E-state index contributed by atoms with van der Waals surface area (Å²) in [6.07, 6.45) is 2.46. The van der Waals surface area contributed by atoms with Crippen molar-refractivity contribution in [3.05, 3.63) is 0 Å². The first kappa shape index (κ1) is 12.0. The van der Waals surface area contributed by atoms with Crippen LogP contribution in [0, 0.1) is 5.92 Å². The quantitative estimate of drug-likeness (QED) is 0.704. The largest absolute Gasteiger partial charge is 0.330 e. The molecule has 3 heteroatoms. The normalized spacial score (nSPS) is 22.5. The molecule has 1 aliphatic heterocycles. The van der Waals surface area contributed by atoms with Crippen LogP contribution in [0.3, 0.4) is 0 Å². The van der Waals surface area contributed by atoms with Crippen LogP contribution in [0.1, 0.15) is 19.8 Å². The van der Waals surface area contributed by atoms with Crippen LogP contribution in [0.2, 0.25) is 0 Å². The Morgan fingerprint density at radius 2 is 1.86 bits per heavy atom. The molecular weight excluding hydrogens is 174 g/mol. The van der Waals surface area contributed by atoms with Crippen LogP contribution in [0.15, 0.2) is 0 Å². The molecule has 1 fully saturated rings. The van der Waals surface area contributed by atoms with Crippen LogP contribution in [-0.2, 0) is 0 Å². The highest BCUT2D eigenvalue weighted by atomic mass is 15.2. The van der Waals surface area contributed by atoms with E-state index in [9.17, 15) is 0 Å². The van der Waals surface area contributed by atoms with Crippen LogP contribution >= 0.6 is 0 Å². The monoisotopic (exact) mass is 199 g/mol. The Hall–Kier alpha value is -0.120. The van der Waals surface area contributed by atoms with Crippen molar-refractivity contribution in [2.75, 3.05) is 46.3 Å². The van der Waals surface area contributed by atoms with Crippen LogP contribution in [0.4, 0.5) is 0 Å². The zero-order valence-electron chi connectivity index (χ0n) is 9.71. The maximum absolute atomic E-state index is 5.51. The van der Waals surface area contributed by atoms with Gasteiger partial charge in [0.15, 0.2) is 0 Å². The third kappa shape index (κ3) is 4.40. The summed E-state index contributed by atoms with van der Waals surface area (Å²) >= 11 is 0. The number of hydrogen-bond acceptors (Lipinski definition) is 3. The maximum atomic E-state index is 5.51. The van der Waals surface area contributed by atoms with E-state index in [1.165, 1.54) is 45.6 Å². The Balaban J connectivity index is 2.10. The lowest BCUT2D eigenvalue weighted by atomic mass is 10.0. The van der Waals surface area contributed by atoms with Crippen molar-refractivity contribution in [3.8, 4) is 0 Å². The second-order valence-corrected chi connectivity index (χ2v) is 4.64. The van der Waals surface area contributed by atoms with Gasteiger partial charge in [0.05, 0.1) is 0 Å². The number of nitrogens with two attached hydrogens (primary N) is 1. The predicted octanol–water partition coefficient (Wildman–Crippen LogP) is 0.609. The summed E-state index contributed by atoms with van der Waals surface area (Å²) in [5, 5.41) is 0. The van der Waals surface area contributed by atoms with Crippen molar-refractivity contribution < 1.29 is 0 Å². The van der Waals surface area contributed by atoms with Gasteiger partial charge in [-0.05, 0) is 32.4 Å². The molecule has 0 radical (unpaired) electrons. The molecule has 1 heterocycles. The smallest absolute Gasteiger partial charge is 0.0110 e. The fourth-order valence-corrected chi connectivity index (χ4v) is 2.03. The lowest BCUT2D eigenvalue weighted by molar-refractivity contribution is 0.137. The third-order valence-electron chi connectivity index (χ3n) is 3.07. The summed E-state index contributed by atoms with van der Waals surface area (Å²) < 4.78 is 0. The molecule has 1 unspecified atom stereocenters. The van der Waals surface area contributed by atoms with Gasteiger partial charge in [-0.25, -0.2) is 0 Å². The highest BCUT2D eigenvalue weighted by Gasteiger charge is 2.15. The number of piperazine rings is 1. The Morgan fingerprint density at radius 1 is 1.21 bits per heavy atom. The molecule has 0 amide bonds. The van der Waals surface area contributed by atoms with Gasteiger partial charge in [-0.1, -0.05) is 6.92 Å². The topological polar surface area (TPSA) is 32.5 Å². The van der Waals surface area contributed by atoms with E-state index in [0.29, 0.717) is 0 Å². The van der Waals surface area contributed by atoms with E-state index in [4.69, 9.17) is 5.73 Å². The van der Waals surface area contributed by atoms with Crippen molar-refractivity contribution >= 4 is 0 Å². The van der Waals surface area contributed by atoms with Crippen LogP contribution in [0.25, 0.3) is 0 Å². The molecule has 0 spiro atoms. The molecule has 0 bridgehead atoms. The summed E-state index contributed by atoms with van der Waals surface area (Å²) in [7, 11) is 2.20. The number of likely N-dealkylation sites (N-methyl/N-ethyl adjacent to an activating group) is 1. The second kappa shape index (κ2) is 6.38. The summed E-state index contributed by atoms with van der Waals surface area (Å²) in [5.41, 5.74) is 5.51. The van der Waals surface area contributed by atoms with E-state index in [1.54, 1.807) is 0 Å². The highest BCUT2D eigenvalue weighted by Crippen LogP contribution is 2.09. The van der Waals surface area contributed by atoms with E-state index in [1.807, 2.05) is 0 Å². The predicted molar refractivity (Wildman–Crippen MR) is 61.4 cm³/mol. The lowest BCUT2D eigenvalue weighted by Gasteiger charge is -2.33. The number of hydrogen-bond donors (Lipinski definition) is 1. The standard InChI is InChI=1S/C11H25N3/c1-11(4-3-5-12)10-14-8-6-13(2)7-9-14/h11H,3-10,12H2,1-2H3. The molecule has 1 rings (SSSR count). The molecular formula is C11H25N3. The molecule has 14 heavy (non-hydrogen) atoms. The fourth-order valence-electron chi connectivity index (χ4n) is 2.03. The van der Waals surface area contributed by atoms with Crippen molar-refractivity contribution in [2.24, 2.45) is 11.7 Å². The van der Waals surface area contributed by atoms with Gasteiger partial charge in [0.2, 0.25) is 0 Å². The first-order valence-electron chi connectivity index (χ1n) is 5.83. The van der Waals surface area contributed by atoms with Gasteiger partial charge in [-0.3, -0.25) is 0 Å². The molecule has 1 atom stereocenters. The molecule has 0 aromatic carbocycles. The summed E-state index contributed by atoms with van der Waals surface area (Å²) in [6, 6.07) is 0. The summed E-state index contributed by atoms with van der Waals surface area (Å²) in [6.45, 7) is 9.37. The minimum atomic E-state index is 0.807. The van der Waals surface area contributed by atoms with E-state index >= 15 is 0 Å². The van der Waals surface area contributed by atoms with Gasteiger partial charge in [0.1, 0.15) is 0 Å². The lowest BCUT2D eigenvalue weighted by Crippen LogP contribution is -2.45. The first-order valence-corrected chi connectivity index (χ1v) is 5.83. The van der Waals surface area contributed by atoms with Crippen molar-refractivity contribution in [1.29, 1.82) is 0 Å². The average Bonchev–Trinajstić information content (AvgIpc) is 2.18. The molecule has 0 aromatic heterocycles. The second-order valence-electron chi connectivity index (χ2n) is 4.64. The number of rotatable bonds is 5. The van der Waals surface area contributed by atoms with Gasteiger partial charge in [-0.15, -0.1) is 0 Å². The van der Waals surface area contributed by atoms with Crippen LogP contribution < -0.4 is 5.73 Å². The molecule has 0 aliphatic carbocycles. The molecule has 1 aliphatic rings. The average molecular weight is 199 g/mol. The highest BCUT2D eigenvalue weighted by molar-refractivity contribution is 4.71. The summed E-state index contributed by atoms with van der Waals surface area (Å²) in [4.78, 5) is 4.99. The molecule has 2 N–H and O–H groups in total. The third-order valence-corrected chi connectivity index (χ3v) is 3.07. The maximum Gasteiger partial charge on any atom is 0.0110 e. The minimum Gasteiger partial charge on any atom is -0.330 e. The van der Waals surface area contributed by atoms with Gasteiger partial charge < -0.3 is 15.5 Å². The minimum absolute atomic E-state index is 0.807. The van der Waals surface area contributed by atoms with E-state index < -0.39 is 0 Å². The van der Waals surface area contributed by atoms with E-state index in [2.05, 4.69) is 23.8 Å². The van der Waals surface area contributed by atoms with Crippen molar-refractivity contribution in [1.82, 2.24) is 9.80 Å². The number of nitrogens with zero attached hydrogens (tertiary/aromatic N) is 2. The van der Waals surface area contributed by atoms with Gasteiger partial charge in [0.25, 0.3) is 0 Å². The SMILES string of the molecule is CC(CCCN)CN1CCN(C)CC1. The van der Waals surface area contributed by atoms with Crippen molar-refractivity contribution in [2.45, 2.75) is 19.8 Å². The Kier molecular flexibility index (Phi) is 5.45. The van der Waals surface area contributed by atoms with Crippen LogP contribution in [0.5, 0.6) is 0 Å². The fraction of sp³-hybridized carbons (Fsp3) is 1.00. The molecule has 1 saturated heterocycles. The molecule has 84 valence electrons. The molecule has 0 saturated carbocycles. The zero-order chi connectivity index (χ0) is 10.4. The van der Waals surface area contributed by atoms with Gasteiger partial charge in [0, 0.05) is 32.7 Å². The molecule has 3 nitrogen and oxygen atoms in total. The Bertz CT molecular complexity index is 141. The Labute approximate surface area is 88.2 Å². The Morgan fingerprint density at radius 3 is 2.43 bits per heavy atom. The van der Waals surface area contributed by atoms with Gasteiger partial charge in [-0.2, -0.15) is 0 Å². The van der Waals surface area contributed by atoms with E-state index in [0.717, 1.165) is 12.5 Å².